The molecule has 8 unspecified atom stereocenters. The van der Waals surface area contributed by atoms with Crippen LogP contribution < -0.4 is 10.6 Å². The second-order valence-electron chi connectivity index (χ2n) is 29.3. The van der Waals surface area contributed by atoms with Crippen LogP contribution in [0.3, 0.4) is 0 Å². The normalized spacial score (nSPS) is 13.5. The molecule has 34 heteroatoms. The average molecular weight is 1960 g/mol. The third kappa shape index (κ3) is 109. The number of aliphatic hydroxyl groups excluding tert-OH is 11. The first kappa shape index (κ1) is 142. The van der Waals surface area contributed by atoms with Gasteiger partial charge in [0.2, 0.25) is 11.8 Å². The van der Waals surface area contributed by atoms with Gasteiger partial charge in [0.15, 0.2) is 0 Å². The van der Waals surface area contributed by atoms with Crippen molar-refractivity contribution in [3.05, 3.63) is 292 Å². The maximum Gasteiger partial charge on any atom is 0.331 e. The number of benzene rings is 1. The molecular formula is C105H160N2O32. The van der Waals surface area contributed by atoms with Crippen molar-refractivity contribution >= 4 is 59.6 Å². The van der Waals surface area contributed by atoms with E-state index in [1.165, 1.54) is 79.0 Å². The van der Waals surface area contributed by atoms with Crippen molar-refractivity contribution in [2.24, 2.45) is 11.3 Å². The summed E-state index contributed by atoms with van der Waals surface area (Å²) in [5, 5.41) is 104. The van der Waals surface area contributed by atoms with Crippen LogP contribution in [0.25, 0.3) is 0 Å². The number of amides is 2. The molecule has 782 valence electrons. The maximum atomic E-state index is 11.5. The van der Waals surface area contributed by atoms with Gasteiger partial charge in [0, 0.05) is 72.7 Å². The van der Waals surface area contributed by atoms with Gasteiger partial charge in [-0.3, -0.25) is 9.59 Å². The second kappa shape index (κ2) is 105. The van der Waals surface area contributed by atoms with Gasteiger partial charge in [0.1, 0.15) is 56.4 Å². The molecule has 13 N–H and O–H groups in total. The zero-order chi connectivity index (χ0) is 107. The SMILES string of the molecule is C/C=C/C=C/C(=O)NC(C)(C)CO.C/C=C/C=C/C(=O)NCCO.C/C=C/C=C/C(=O)OC(C)CO.C/C=C/C=C/C(=O)OC(CO)COCCOCC(CO)OC(=O)/C=C/C=C/C.C/C=C/C=C/C(=O)OCC(C)(C)C(O)C(C)C.C/C=C/C=C/C(=O)OCC(C)O.C/C=C/C=C/C(=O)OCC(O)CO.C/C=C/C=C/C(=O)OCC(O)c1ccccc1.C=CCOCC(CO)OC(=O)/C=C/C=C/C. The fraction of sp³-hybridized carbons (Fsp3) is 0.448. The number of ether oxygens (including phenoxy) is 11. The molecule has 8 atom stereocenters. The first-order chi connectivity index (χ1) is 66.2. The van der Waals surface area contributed by atoms with E-state index < -0.39 is 108 Å². The lowest BCUT2D eigenvalue weighted by atomic mass is 9.81. The van der Waals surface area contributed by atoms with E-state index in [9.17, 15) is 68.4 Å². The van der Waals surface area contributed by atoms with Gasteiger partial charge in [-0.25, -0.2) is 38.4 Å². The molecule has 0 heterocycles. The lowest BCUT2D eigenvalue weighted by Gasteiger charge is -2.32. The standard InChI is InChI=1S/C20H30O8.C14H16O3.C14H24O3.C12H18O4.C10H17NO2.C9H14O4.2C9H14O3.C8H13NO2/c1-3-5-7-9-19(23)27-17(13-21)15-25-11-12-26-16-18(14-22)28-20(24)10-8-6-4-2;1-2-3-5-10-14(16)17-11-13(15)12-8-6-4-7-9-12;1-6-7-8-9-12(15)17-10-14(4,5)13(16)11(2)3;1-3-5-6-7-12(14)16-11(9-13)10-15-8-4-2;1-4-5-6-7-9(13)11-10(2,3)8-12;1-2-3-4-5-9(12)13-7-8(11)6-10;1-3-4-5-6-9(11)12-7-8(2)10;1-3-4-5-6-9(11)12-8(2)7-10;1-2-3-4-5-8(11)9-6-7-10/h3-10,17-18,21-22H,11-16H2,1-2H3;2-10,13,15H,11H2,1H3;6-9,11,13,16H,10H2,1-5H3;3-7,11,13H,2,8-10H2,1H3;4-7,12H,8H2,1-3H3,(H,11,13);2-5,8,10-11H,6-7H2,1H3;2*3-6,8,10H,7H2,1-2H3;2-5,10H,6-7H2,1H3,(H,9,11)/b5-3+,6-4+,9-7+,10-8+;3-2+,10-5+;7-6+,9-8+;5-3+,7-6+;5-4+,7-6+;3-2+,5-4+;2*4-3+,6-5+;3-2+,5-4+. The van der Waals surface area contributed by atoms with E-state index in [1.54, 1.807) is 186 Å². The number of carbonyl (C=O) groups is 10. The average Bonchev–Trinajstić information content (AvgIpc) is 0.865. The van der Waals surface area contributed by atoms with Gasteiger partial charge in [-0.05, 0) is 108 Å². The predicted octanol–water partition coefficient (Wildman–Crippen LogP) is 10.8. The van der Waals surface area contributed by atoms with Gasteiger partial charge in [0.05, 0.1) is 110 Å². The topological polar surface area (TPSA) is 519 Å². The lowest BCUT2D eigenvalue weighted by Crippen LogP contribution is -2.45. The molecule has 0 aromatic heterocycles. The summed E-state index contributed by atoms with van der Waals surface area (Å²) in [6.45, 7) is 35.9. The van der Waals surface area contributed by atoms with Crippen molar-refractivity contribution in [2.75, 3.05) is 119 Å². The van der Waals surface area contributed by atoms with Crippen LogP contribution in [0.2, 0.25) is 0 Å². The molecule has 0 saturated heterocycles. The minimum absolute atomic E-state index is 0.0111. The van der Waals surface area contributed by atoms with Crippen LogP contribution in [-0.4, -0.2) is 283 Å². The Bertz CT molecular complexity index is 3930. The minimum Gasteiger partial charge on any atom is -0.462 e. The van der Waals surface area contributed by atoms with Gasteiger partial charge in [-0.15, -0.1) is 6.58 Å². The Hall–Kier alpha value is -12.1. The summed E-state index contributed by atoms with van der Waals surface area (Å²) in [5.74, 6) is -4.14. The Morgan fingerprint density at radius 3 is 0.993 bits per heavy atom. The highest BCUT2D eigenvalue weighted by Crippen LogP contribution is 2.26. The smallest absolute Gasteiger partial charge is 0.331 e. The quantitative estimate of drug-likeness (QED) is 0.00719. The van der Waals surface area contributed by atoms with Crippen molar-refractivity contribution in [2.45, 2.75) is 179 Å². The lowest BCUT2D eigenvalue weighted by molar-refractivity contribution is -0.151. The fourth-order valence-electron chi connectivity index (χ4n) is 8.01. The molecule has 0 spiro atoms. The number of hydrogen-bond acceptors (Lipinski definition) is 32. The van der Waals surface area contributed by atoms with Crippen molar-refractivity contribution in [3.63, 3.8) is 0 Å². The summed E-state index contributed by atoms with van der Waals surface area (Å²) in [6, 6.07) is 9.09. The molecule has 0 saturated carbocycles. The third-order valence-electron chi connectivity index (χ3n) is 14.9. The molecule has 0 aliphatic rings. The molecule has 0 bridgehead atoms. The van der Waals surface area contributed by atoms with Crippen LogP contribution in [0, 0.1) is 11.3 Å². The Kier molecular flexibility index (Phi) is 107. The van der Waals surface area contributed by atoms with E-state index in [0.717, 1.165) is 5.56 Å². The monoisotopic (exact) mass is 1960 g/mol. The van der Waals surface area contributed by atoms with Crippen LogP contribution in [0.1, 0.15) is 136 Å². The van der Waals surface area contributed by atoms with Gasteiger partial charge in [-0.1, -0.05) is 246 Å². The third-order valence-corrected chi connectivity index (χ3v) is 14.9. The highest BCUT2D eigenvalue weighted by atomic mass is 16.6. The Balaban J connectivity index is -0.000000235. The molecule has 0 fully saturated rings. The molecule has 0 aliphatic carbocycles. The number of rotatable bonds is 55. The highest BCUT2D eigenvalue weighted by molar-refractivity contribution is 5.89. The summed E-state index contributed by atoms with van der Waals surface area (Å²) in [6.07, 6.45) is 60.3. The Morgan fingerprint density at radius 1 is 0.367 bits per heavy atom. The Morgan fingerprint density at radius 2 is 0.683 bits per heavy atom. The van der Waals surface area contributed by atoms with Gasteiger partial charge in [-0.2, -0.15) is 0 Å². The molecule has 0 aliphatic heterocycles. The number of allylic oxidation sites excluding steroid dienone is 30. The van der Waals surface area contributed by atoms with E-state index in [-0.39, 0.29) is 123 Å². The number of aliphatic hydroxyl groups is 11. The van der Waals surface area contributed by atoms with Crippen LogP contribution >= 0.6 is 0 Å². The van der Waals surface area contributed by atoms with Crippen LogP contribution in [-0.2, 0) is 100 Å². The fourth-order valence-corrected chi connectivity index (χ4v) is 8.01. The first-order valence-corrected chi connectivity index (χ1v) is 44.7. The van der Waals surface area contributed by atoms with Crippen molar-refractivity contribution < 1.29 is 156 Å². The van der Waals surface area contributed by atoms with E-state index in [1.807, 2.05) is 139 Å². The second-order valence-corrected chi connectivity index (χ2v) is 29.3. The zero-order valence-electron chi connectivity index (χ0n) is 84.2. The summed E-state index contributed by atoms with van der Waals surface area (Å²) < 4.78 is 54.5. The highest BCUT2D eigenvalue weighted by Gasteiger charge is 2.31. The summed E-state index contributed by atoms with van der Waals surface area (Å²) in [7, 11) is 0. The zero-order valence-corrected chi connectivity index (χ0v) is 84.2. The molecular weight excluding hydrogens is 1800 g/mol. The van der Waals surface area contributed by atoms with Crippen molar-refractivity contribution in [1.29, 1.82) is 0 Å². The van der Waals surface area contributed by atoms with Gasteiger partial charge < -0.3 is 119 Å². The number of nitrogens with one attached hydrogen (secondary N) is 2. The van der Waals surface area contributed by atoms with Crippen molar-refractivity contribution in [3.8, 4) is 0 Å². The molecule has 1 aromatic carbocycles. The molecule has 0 radical (unpaired) electrons. The van der Waals surface area contributed by atoms with Crippen molar-refractivity contribution in [1.82, 2.24) is 10.6 Å². The van der Waals surface area contributed by atoms with Crippen LogP contribution in [0.4, 0.5) is 0 Å². The van der Waals surface area contributed by atoms with Crippen LogP contribution in [0.5, 0.6) is 0 Å². The van der Waals surface area contributed by atoms with E-state index in [4.69, 9.17) is 78.4 Å². The number of hydrogen-bond donors (Lipinski definition) is 13. The first-order valence-electron chi connectivity index (χ1n) is 44.7. The minimum atomic E-state index is -1.00. The number of esters is 8. The Labute approximate surface area is 823 Å². The van der Waals surface area contributed by atoms with Gasteiger partial charge in [0.25, 0.3) is 0 Å². The van der Waals surface area contributed by atoms with E-state index in [0.29, 0.717) is 13.2 Å². The molecule has 2 amide bonds. The predicted molar refractivity (Wildman–Crippen MR) is 540 cm³/mol. The largest absolute Gasteiger partial charge is 0.462 e. The van der Waals surface area contributed by atoms with Crippen LogP contribution in [0.15, 0.2) is 286 Å². The summed E-state index contributed by atoms with van der Waals surface area (Å²) >= 11 is 0. The molecule has 139 heavy (non-hydrogen) atoms. The van der Waals surface area contributed by atoms with E-state index >= 15 is 0 Å². The summed E-state index contributed by atoms with van der Waals surface area (Å²) in [5.41, 5.74) is -0.256. The van der Waals surface area contributed by atoms with E-state index in [2.05, 4.69) is 26.7 Å². The molecule has 1 rings (SSSR count). The molecule has 1 aromatic rings. The maximum absolute atomic E-state index is 11.5. The number of carbonyl (C=O) groups excluding carboxylic acids is 10. The van der Waals surface area contributed by atoms with Gasteiger partial charge >= 0.3 is 47.8 Å². The summed E-state index contributed by atoms with van der Waals surface area (Å²) in [4.78, 5) is 111. The molecule has 34 nitrogen and oxygen atoms in total.